The largest absolute Gasteiger partial charge is 0.475 e. The van der Waals surface area contributed by atoms with Gasteiger partial charge in [-0.05, 0) is 69.0 Å². The highest BCUT2D eigenvalue weighted by Crippen LogP contribution is 2.33. The number of nitrogens with zero attached hydrogens (tertiary/aromatic N) is 5. The number of Topliss-reactive ketones (excluding diaryl/α,β-unsaturated/α-hetero) is 2. The first-order chi connectivity index (χ1) is 32.5. The van der Waals surface area contributed by atoms with Crippen molar-refractivity contribution in [1.82, 2.24) is 30.2 Å². The van der Waals surface area contributed by atoms with Crippen molar-refractivity contribution < 1.29 is 73.2 Å². The molecule has 14 nitrogen and oxygen atoms in total. The van der Waals surface area contributed by atoms with Gasteiger partial charge < -0.3 is 29.0 Å². The third-order valence-electron chi connectivity index (χ3n) is 10.5. The van der Waals surface area contributed by atoms with E-state index in [0.717, 1.165) is 29.4 Å². The molecule has 69 heavy (non-hydrogen) atoms. The smallest absolute Gasteiger partial charge is 0.433 e. The summed E-state index contributed by atoms with van der Waals surface area (Å²) in [6, 6.07) is 9.39. The molecule has 2 aliphatic rings. The molecule has 2 saturated heterocycles. The third-order valence-corrected chi connectivity index (χ3v) is 10.5. The number of hydrogen-bond acceptors (Lipinski definition) is 13. The predicted octanol–water partition coefficient (Wildman–Crippen LogP) is 8.43. The van der Waals surface area contributed by atoms with Crippen LogP contribution in [0.25, 0.3) is 22.3 Å². The third kappa shape index (κ3) is 16.7. The highest BCUT2D eigenvalue weighted by atomic mass is 19.4. The number of carbonyl (C=O) groups is 3. The van der Waals surface area contributed by atoms with Gasteiger partial charge in [-0.2, -0.15) is 26.3 Å². The van der Waals surface area contributed by atoms with E-state index >= 15 is 0 Å². The van der Waals surface area contributed by atoms with Crippen LogP contribution in [-0.2, 0) is 49.0 Å². The summed E-state index contributed by atoms with van der Waals surface area (Å²) < 4.78 is 131. The van der Waals surface area contributed by atoms with Gasteiger partial charge in [0.2, 0.25) is 11.8 Å². The van der Waals surface area contributed by atoms with Crippen LogP contribution in [0.15, 0.2) is 60.9 Å². The molecule has 6 heterocycles. The Balaban J connectivity index is 0.000000263. The number of aromatic nitrogens is 4. The first-order valence-corrected chi connectivity index (χ1v) is 21.9. The molecule has 2 aliphatic heterocycles. The highest BCUT2D eigenvalue weighted by Gasteiger charge is 2.41. The molecule has 1 amide bonds. The summed E-state index contributed by atoms with van der Waals surface area (Å²) in [4.78, 5) is 54.7. The van der Waals surface area contributed by atoms with Gasteiger partial charge in [-0.15, -0.1) is 0 Å². The fourth-order valence-electron chi connectivity index (χ4n) is 7.18. The van der Waals surface area contributed by atoms with Crippen molar-refractivity contribution >= 4 is 17.7 Å². The predicted molar refractivity (Wildman–Crippen MR) is 234 cm³/mol. The molecular weight excluding hydrogens is 929 g/mol. The summed E-state index contributed by atoms with van der Waals surface area (Å²) in [6.45, 7) is 6.03. The average Bonchev–Trinajstić information content (AvgIpc) is 3.92. The Hall–Kier alpha value is -5.87. The molecule has 2 fully saturated rings. The quantitative estimate of drug-likeness (QED) is 0.0747. The molecule has 6 rings (SSSR count). The second-order valence-corrected chi connectivity index (χ2v) is 17.1. The Morgan fingerprint density at radius 3 is 1.57 bits per heavy atom. The SMILES string of the molecule is COCCOc1cc(-c2ccc(C(F)(F)F)nc2)cc(CCC(=O)[C@@H]2C[C@@H](F)CN2)n1.COCCOc1cc(-c2ccc(C(F)(F)F)nc2)cc(CCC(=O)[C@@H]2C[C@@H](F)CN2C(=O)OC(C)(C)C)n1. The summed E-state index contributed by atoms with van der Waals surface area (Å²) in [5.41, 5.74) is 0.0854. The maximum Gasteiger partial charge on any atom is 0.433 e. The zero-order valence-corrected chi connectivity index (χ0v) is 38.6. The van der Waals surface area contributed by atoms with E-state index in [9.17, 15) is 49.5 Å². The van der Waals surface area contributed by atoms with E-state index in [-0.39, 0.29) is 94.8 Å². The van der Waals surface area contributed by atoms with E-state index in [2.05, 4.69) is 25.3 Å². The number of likely N-dealkylation sites (tertiary alicyclic amines) is 1. The first kappa shape index (κ1) is 54.1. The number of halogens is 8. The highest BCUT2D eigenvalue weighted by molar-refractivity contribution is 5.88. The van der Waals surface area contributed by atoms with Crippen LogP contribution in [0.1, 0.15) is 69.2 Å². The summed E-state index contributed by atoms with van der Waals surface area (Å²) in [7, 11) is 3.03. The van der Waals surface area contributed by atoms with Crippen molar-refractivity contribution in [3.05, 3.63) is 83.7 Å². The maximum atomic E-state index is 14.2. The van der Waals surface area contributed by atoms with Crippen LogP contribution in [0.2, 0.25) is 0 Å². The number of amides is 1. The van der Waals surface area contributed by atoms with Crippen LogP contribution in [0, 0.1) is 0 Å². The minimum Gasteiger partial charge on any atom is -0.475 e. The molecule has 4 atom stereocenters. The number of hydrogen-bond donors (Lipinski definition) is 1. The molecule has 0 aliphatic carbocycles. The minimum atomic E-state index is -4.57. The summed E-state index contributed by atoms with van der Waals surface area (Å²) in [6.07, 6.45) is -9.39. The maximum absolute atomic E-state index is 14.2. The Kier molecular flexibility index (Phi) is 18.9. The number of ether oxygens (including phenoxy) is 5. The summed E-state index contributed by atoms with van der Waals surface area (Å²) in [5.74, 6) is 0.00772. The topological polar surface area (TPSA) is 164 Å². The molecule has 0 saturated carbocycles. The van der Waals surface area contributed by atoms with Gasteiger partial charge in [0.25, 0.3) is 0 Å². The lowest BCUT2D eigenvalue weighted by Crippen LogP contribution is -2.43. The van der Waals surface area contributed by atoms with Gasteiger partial charge in [0.15, 0.2) is 5.78 Å². The monoisotopic (exact) mass is 982 g/mol. The van der Waals surface area contributed by atoms with E-state index in [1.165, 1.54) is 26.4 Å². The number of aryl methyl sites for hydroxylation is 2. The van der Waals surface area contributed by atoms with Crippen LogP contribution >= 0.6 is 0 Å². The fraction of sp³-hybridized carbons (Fsp3) is 0.511. The number of methoxy groups -OCH3 is 2. The van der Waals surface area contributed by atoms with Crippen molar-refractivity contribution in [2.45, 2.75) is 102 Å². The second-order valence-electron chi connectivity index (χ2n) is 17.1. The zero-order valence-electron chi connectivity index (χ0n) is 38.6. The Bertz CT molecular complexity index is 2330. The molecule has 1 N–H and O–H groups in total. The van der Waals surface area contributed by atoms with Crippen molar-refractivity contribution in [2.75, 3.05) is 53.7 Å². The summed E-state index contributed by atoms with van der Waals surface area (Å²) in [5, 5.41) is 2.86. The second kappa shape index (κ2) is 24.1. The van der Waals surface area contributed by atoms with Crippen molar-refractivity contribution in [3.63, 3.8) is 0 Å². The van der Waals surface area contributed by atoms with E-state index < -0.39 is 59.9 Å². The van der Waals surface area contributed by atoms with E-state index in [0.29, 0.717) is 40.2 Å². The van der Waals surface area contributed by atoms with Gasteiger partial charge in [0.1, 0.15) is 48.3 Å². The lowest BCUT2D eigenvalue weighted by molar-refractivity contribution is -0.141. The van der Waals surface area contributed by atoms with E-state index in [1.54, 1.807) is 45.0 Å². The number of rotatable bonds is 18. The van der Waals surface area contributed by atoms with Crippen molar-refractivity contribution in [2.24, 2.45) is 0 Å². The van der Waals surface area contributed by atoms with Gasteiger partial charge in [0, 0.05) is 93.5 Å². The van der Waals surface area contributed by atoms with E-state index in [1.807, 2.05) is 0 Å². The molecule has 0 radical (unpaired) electrons. The number of pyridine rings is 4. The van der Waals surface area contributed by atoms with Gasteiger partial charge in [0.05, 0.1) is 31.8 Å². The minimum absolute atomic E-state index is 0.0457. The summed E-state index contributed by atoms with van der Waals surface area (Å²) >= 11 is 0. The molecule has 0 bridgehead atoms. The lowest BCUT2D eigenvalue weighted by atomic mass is 10.0. The Labute approximate surface area is 393 Å². The van der Waals surface area contributed by atoms with Crippen LogP contribution in [0.3, 0.4) is 0 Å². The first-order valence-electron chi connectivity index (χ1n) is 21.9. The van der Waals surface area contributed by atoms with Crippen molar-refractivity contribution in [1.29, 1.82) is 0 Å². The number of alkyl halides is 8. The average molecular weight is 983 g/mol. The van der Waals surface area contributed by atoms with Gasteiger partial charge in [-0.3, -0.25) is 24.5 Å². The number of nitrogens with one attached hydrogen (secondary N) is 1. The Morgan fingerprint density at radius 2 is 1.16 bits per heavy atom. The Morgan fingerprint density at radius 1 is 0.667 bits per heavy atom. The van der Waals surface area contributed by atoms with E-state index in [4.69, 9.17) is 23.7 Å². The standard InChI is InChI=1S/C26H31F4N3O5.C21H23F4N3O3/c1-25(2,3)38-24(35)33-15-18(27)13-20(33)21(34)7-6-19-11-17(12-23(32-19)37-10-9-36-4)16-5-8-22(31-14-16)26(28,29)30;1-30-6-7-31-20-9-14(13-2-5-19(27-11-13)21(23,24)25)8-16(28-20)3-4-18(29)17-10-15(22)12-26-17/h5,8,11-12,14,18,20H,6-7,9-10,13,15H2,1-4H3;2,5,8-9,11,15,17,26H,3-4,6-7,10,12H2,1H3/t18-,20+;15-,17+/m11/s1. The van der Waals surface area contributed by atoms with Crippen LogP contribution in [0.4, 0.5) is 39.9 Å². The lowest BCUT2D eigenvalue weighted by Gasteiger charge is -2.27. The molecular formula is C47H54F8N6O8. The molecule has 376 valence electrons. The molecule has 0 spiro atoms. The van der Waals surface area contributed by atoms with Crippen molar-refractivity contribution in [3.8, 4) is 34.0 Å². The van der Waals surface area contributed by atoms with Gasteiger partial charge in [-0.1, -0.05) is 12.1 Å². The molecule has 22 heteroatoms. The van der Waals surface area contributed by atoms with Gasteiger partial charge >= 0.3 is 18.4 Å². The van der Waals surface area contributed by atoms with Crippen LogP contribution in [0.5, 0.6) is 11.8 Å². The number of carbonyl (C=O) groups excluding carboxylic acids is 3. The van der Waals surface area contributed by atoms with Gasteiger partial charge in [-0.25, -0.2) is 23.5 Å². The zero-order chi connectivity index (χ0) is 50.5. The molecule has 4 aromatic heterocycles. The number of ketones is 2. The molecule has 0 unspecified atom stereocenters. The molecule has 4 aromatic rings. The van der Waals surface area contributed by atoms with Crippen LogP contribution in [-0.4, -0.2) is 126 Å². The molecule has 0 aromatic carbocycles. The van der Waals surface area contributed by atoms with Crippen LogP contribution < -0.4 is 14.8 Å². The normalized spacial score (nSPS) is 18.4. The fourth-order valence-corrected chi connectivity index (χ4v) is 7.18.